The van der Waals surface area contributed by atoms with E-state index in [2.05, 4.69) is 348 Å². The number of nitrogens with zero attached hydrogens (tertiary/aromatic N) is 4. The smallest absolute Gasteiger partial charge is 0.0667 e. The minimum atomic E-state index is -1.13. The third-order valence-corrected chi connectivity index (χ3v) is 23.8. The number of anilines is 6. The first-order valence-electron chi connectivity index (χ1n) is 41.4. The maximum atomic E-state index is 12.0. The lowest BCUT2D eigenvalue weighted by atomic mass is 9.73. The Morgan fingerprint density at radius 3 is 0.982 bits per heavy atom. The molecule has 0 atom stereocenters. The van der Waals surface area contributed by atoms with Gasteiger partial charge in [0.05, 0.1) is 64.4 Å². The number of para-hydroxylation sites is 2. The summed E-state index contributed by atoms with van der Waals surface area (Å²) < 4.78 is 73.8. The van der Waals surface area contributed by atoms with Gasteiger partial charge in [0.1, 0.15) is 0 Å². The van der Waals surface area contributed by atoms with Crippen molar-refractivity contribution in [3.8, 4) is 78.1 Å². The lowest BCUT2D eigenvalue weighted by Gasteiger charge is -2.47. The highest BCUT2D eigenvalue weighted by Crippen LogP contribution is 2.65. The molecule has 4 nitrogen and oxygen atoms in total. The molecule has 0 bridgehead atoms. The van der Waals surface area contributed by atoms with Gasteiger partial charge in [-0.05, 0) is 221 Å². The molecule has 0 radical (unpaired) electrons. The summed E-state index contributed by atoms with van der Waals surface area (Å²) in [4.78, 5) is 4.61. The Balaban J connectivity index is 0.975. The second kappa shape index (κ2) is 24.0. The summed E-state index contributed by atoms with van der Waals surface area (Å²) in [6.45, 7) is 20.3. The molecule has 0 saturated carbocycles. The van der Waals surface area contributed by atoms with Gasteiger partial charge in [-0.15, -0.1) is 0 Å². The lowest BCUT2D eigenvalue weighted by molar-refractivity contribution is 0.589. The Morgan fingerprint density at radius 1 is 0.284 bits per heavy atom. The van der Waals surface area contributed by atoms with E-state index < -0.39 is 11.3 Å². The van der Waals surface area contributed by atoms with E-state index in [1.165, 1.54) is 22.3 Å². The summed E-state index contributed by atoms with van der Waals surface area (Å²) in [5.41, 5.74) is 27.7. The third kappa shape index (κ3) is 10.1. The van der Waals surface area contributed by atoms with Crippen LogP contribution in [0.5, 0.6) is 0 Å². The molecule has 0 saturated heterocycles. The summed E-state index contributed by atoms with van der Waals surface area (Å²) in [5, 5.41) is 3.88. The van der Waals surface area contributed by atoms with E-state index in [-0.39, 0.29) is 58.5 Å². The highest BCUT2D eigenvalue weighted by molar-refractivity contribution is 6.14. The van der Waals surface area contributed by atoms with Crippen LogP contribution in [-0.2, 0) is 29.1 Å². The Hall–Kier alpha value is -12.5. The lowest BCUT2D eigenvalue weighted by Crippen LogP contribution is -2.31. The molecule has 2 aliphatic carbocycles. The zero-order valence-corrected chi connectivity index (χ0v) is 62.8. The van der Waals surface area contributed by atoms with Gasteiger partial charge in [-0.2, -0.15) is 0 Å². The fourth-order valence-corrected chi connectivity index (χ4v) is 18.3. The molecule has 15 aromatic carbocycles. The van der Waals surface area contributed by atoms with Crippen LogP contribution in [0.2, 0.25) is 0 Å². The number of hydrogen-bond donors (Lipinski definition) is 0. The van der Waals surface area contributed by atoms with Gasteiger partial charge in [0.25, 0.3) is 0 Å². The molecule has 2 aromatic heterocycles. The maximum absolute atomic E-state index is 12.0. The average Bonchev–Trinajstić information content (AvgIpc) is 0.930. The predicted octanol–water partition coefficient (Wildman–Crippen LogP) is 28.3. The first-order chi connectivity index (χ1) is 55.5. The van der Waals surface area contributed by atoms with Gasteiger partial charge in [0, 0.05) is 66.7 Å². The van der Waals surface area contributed by atoms with Gasteiger partial charge in [-0.25, -0.2) is 0 Å². The van der Waals surface area contributed by atoms with E-state index in [9.17, 15) is 8.22 Å². The molecule has 4 heteroatoms. The van der Waals surface area contributed by atoms with E-state index in [4.69, 9.17) is 0 Å². The molecule has 0 spiro atoms. The number of rotatable bonds is 8. The van der Waals surface area contributed by atoms with Crippen molar-refractivity contribution in [2.24, 2.45) is 0 Å². The number of hydrogen-bond acceptors (Lipinski definition) is 2. The molecular weight excluding hydrogens is 1320 g/mol. The van der Waals surface area contributed by atoms with Crippen LogP contribution in [0.1, 0.15) is 132 Å². The topological polar surface area (TPSA) is 16.3 Å². The zero-order valence-electron chi connectivity index (χ0n) is 68.8. The fraction of sp³-hybridized carbons (Fsp3) is 0.143. The van der Waals surface area contributed by atoms with Crippen molar-refractivity contribution in [2.45, 2.75) is 97.3 Å². The first kappa shape index (κ1) is 58.6. The van der Waals surface area contributed by atoms with Crippen molar-refractivity contribution in [3.05, 3.63) is 371 Å². The van der Waals surface area contributed by atoms with Crippen LogP contribution in [-0.4, -0.2) is 9.13 Å². The second-order valence-corrected chi connectivity index (χ2v) is 33.5. The number of fused-ring (bicyclic) bond motifs is 16. The van der Waals surface area contributed by atoms with Crippen molar-refractivity contribution < 1.29 is 8.22 Å². The summed E-state index contributed by atoms with van der Waals surface area (Å²) in [6, 6.07) is 98.8. The fourth-order valence-electron chi connectivity index (χ4n) is 18.3. The van der Waals surface area contributed by atoms with Crippen molar-refractivity contribution in [1.29, 1.82) is 0 Å². The summed E-state index contributed by atoms with van der Waals surface area (Å²) in [7, 11) is 0. The molecule has 0 amide bonds. The highest BCUT2D eigenvalue weighted by Gasteiger charge is 2.45. The maximum Gasteiger partial charge on any atom is 0.0667 e. The molecule has 524 valence electrons. The molecule has 21 rings (SSSR count). The van der Waals surface area contributed by atoms with Crippen molar-refractivity contribution >= 4 is 77.7 Å². The Labute approximate surface area is 647 Å². The summed E-state index contributed by atoms with van der Waals surface area (Å²) in [6.07, 6.45) is 1.44. The van der Waals surface area contributed by atoms with Gasteiger partial charge in [-0.3, -0.25) is 0 Å². The Bertz CT molecular complexity index is 6500. The molecular formula is C105H84N4. The van der Waals surface area contributed by atoms with Crippen LogP contribution in [0.3, 0.4) is 0 Å². The van der Waals surface area contributed by atoms with Crippen LogP contribution < -0.4 is 9.80 Å². The highest BCUT2D eigenvalue weighted by atomic mass is 15.2. The standard InChI is InChI=1S/C105H84N4/c1-103(2,3)72-54-85(64-30-14-10-15-31-64)101(86(55-72)65-32-16-11-17-33-65)108-95-60-75(106-91-44-28-26-42-79(91)89-62-83-70(52-93(89)106)50-68-38-22-24-40-77(68)83)46-48-81(95)99-82-49-47-76(107-92-45-29-27-43-80(92)90-63-84-71(53-94(90)107)51-69-39-23-25-41-78(69)84)61-96(82)109(98-59-74(105(7,8)9)58-97(108)100(98)99)102-87(66-34-18-12-19-35-66)56-73(104(4,5)6)57-88(102)67-36-20-13-21-37-67/h10-49,52-63,99H,50-51H2,1-9H3/i46D,47D,48D,49D,60D,61D. The van der Waals surface area contributed by atoms with E-state index >= 15 is 0 Å². The normalized spacial score (nSPS) is 14.4. The van der Waals surface area contributed by atoms with Gasteiger partial charge in [-0.1, -0.05) is 281 Å². The van der Waals surface area contributed by atoms with Crippen molar-refractivity contribution in [3.63, 3.8) is 0 Å². The van der Waals surface area contributed by atoms with E-state index in [0.717, 1.165) is 168 Å². The molecule has 0 unspecified atom stereocenters. The molecule has 0 N–H and O–H groups in total. The Morgan fingerprint density at radius 2 is 0.615 bits per heavy atom. The molecule has 4 heterocycles. The van der Waals surface area contributed by atoms with E-state index in [1.54, 1.807) is 0 Å². The molecule has 2 aliphatic heterocycles. The molecule has 4 aliphatic rings. The SMILES string of the molecule is [2H]c1c([2H])c(-n2c3ccccc3c3cc4c(cc32)Cc2ccccc2-4)c([2H])c2c1C1c3c(cc(C(C)(C)C)cc3N(c3c(-c4ccccc4)cc(C(C)(C)C)cc3-c3ccccc3)c3c([2H])c(-n4c5ccccc5c5cc6c(cc54)Cc4ccccc4-6)c([2H])c([2H])c31)N2c1c(-c2ccccc2)cc(C(C)(C)C)cc1-c1ccccc1. The van der Waals surface area contributed by atoms with Gasteiger partial charge < -0.3 is 18.9 Å². The quantitative estimate of drug-likeness (QED) is 0.151. The molecule has 109 heavy (non-hydrogen) atoms. The van der Waals surface area contributed by atoms with Crippen LogP contribution in [0.25, 0.3) is 122 Å². The van der Waals surface area contributed by atoms with Gasteiger partial charge in [0.2, 0.25) is 0 Å². The summed E-state index contributed by atoms with van der Waals surface area (Å²) >= 11 is 0. The van der Waals surface area contributed by atoms with Crippen LogP contribution in [0, 0.1) is 0 Å². The average molecular weight is 1410 g/mol. The third-order valence-electron chi connectivity index (χ3n) is 23.8. The van der Waals surface area contributed by atoms with Gasteiger partial charge in [0.15, 0.2) is 0 Å². The minimum absolute atomic E-state index is 0.0218. The van der Waals surface area contributed by atoms with Crippen LogP contribution in [0.15, 0.2) is 315 Å². The monoisotopic (exact) mass is 1410 g/mol. The van der Waals surface area contributed by atoms with Gasteiger partial charge >= 0.3 is 0 Å². The van der Waals surface area contributed by atoms with Crippen LogP contribution >= 0.6 is 0 Å². The zero-order chi connectivity index (χ0) is 78.7. The number of aromatic nitrogens is 2. The van der Waals surface area contributed by atoms with Crippen molar-refractivity contribution in [1.82, 2.24) is 9.13 Å². The largest absolute Gasteiger partial charge is 0.309 e. The molecule has 0 fully saturated rings. The second-order valence-electron chi connectivity index (χ2n) is 33.5. The van der Waals surface area contributed by atoms with Crippen molar-refractivity contribution in [2.75, 3.05) is 9.80 Å². The molecule has 17 aromatic rings. The Kier molecular flexibility index (Phi) is 12.9. The number of benzene rings is 15. The summed E-state index contributed by atoms with van der Waals surface area (Å²) in [5.74, 6) is -1.13. The van der Waals surface area contributed by atoms with Crippen LogP contribution in [0.4, 0.5) is 34.1 Å². The predicted molar refractivity (Wildman–Crippen MR) is 460 cm³/mol. The van der Waals surface area contributed by atoms with E-state index in [0.29, 0.717) is 22.5 Å². The van der Waals surface area contributed by atoms with E-state index in [1.807, 2.05) is 12.1 Å². The first-order valence-corrected chi connectivity index (χ1v) is 38.4. The minimum Gasteiger partial charge on any atom is -0.309 e.